The molecule has 1 N–H and O–H groups in total. The Kier molecular flexibility index (Phi) is 31.1. The highest BCUT2D eigenvalue weighted by atomic mass is 16.4. The van der Waals surface area contributed by atoms with Crippen LogP contribution in [0.25, 0.3) is 0 Å². The molecule has 0 rings (SSSR count). The Morgan fingerprint density at radius 2 is 0.818 bits per heavy atom. The van der Waals surface area contributed by atoms with Gasteiger partial charge in [-0.1, -0.05) is 141 Å². The van der Waals surface area contributed by atoms with Gasteiger partial charge >= 0.3 is 5.97 Å². The molecule has 0 saturated heterocycles. The average molecular weight is 618 g/mol. The minimum absolute atomic E-state index is 0.222. The number of amides is 1. The molecule has 256 valence electrons. The number of unbranched alkanes of at least 4 members (excludes halogenated alkanes) is 22. The number of Topliss-reactive ketones (excluding diaryl/α,β-unsaturated/α-hetero) is 1. The molecule has 0 aromatic heterocycles. The van der Waals surface area contributed by atoms with E-state index in [1.165, 1.54) is 103 Å². The highest BCUT2D eigenvalue weighted by Crippen LogP contribution is 2.14. The molecule has 0 aliphatic carbocycles. The van der Waals surface area contributed by atoms with Gasteiger partial charge in [0.25, 0.3) is 0 Å². The van der Waals surface area contributed by atoms with Gasteiger partial charge in [0, 0.05) is 19.9 Å². The lowest BCUT2D eigenvalue weighted by Gasteiger charge is -2.24. The normalized spacial score (nSPS) is 12.3. The smallest absolute Gasteiger partial charge is 0.334 e. The molecular weight excluding hydrogens is 546 g/mol. The van der Waals surface area contributed by atoms with Gasteiger partial charge in [0.15, 0.2) is 11.8 Å². The van der Waals surface area contributed by atoms with E-state index in [9.17, 15) is 19.5 Å². The first-order chi connectivity index (χ1) is 21.5. The van der Waals surface area contributed by atoms with Gasteiger partial charge in [-0.05, 0) is 64.2 Å². The van der Waals surface area contributed by atoms with E-state index in [4.69, 9.17) is 0 Å². The number of ketones is 1. The summed E-state index contributed by atoms with van der Waals surface area (Å²) in [6, 6.07) is -1.36. The number of nitrogens with zero attached hydrogens (tertiary/aromatic N) is 1. The van der Waals surface area contributed by atoms with Crippen LogP contribution in [0, 0.1) is 0 Å². The first kappa shape index (κ1) is 42.1. The molecule has 0 aromatic rings. The van der Waals surface area contributed by atoms with Gasteiger partial charge < -0.3 is 10.0 Å². The van der Waals surface area contributed by atoms with Crippen LogP contribution in [0.4, 0.5) is 0 Å². The van der Waals surface area contributed by atoms with Crippen LogP contribution >= 0.6 is 0 Å². The van der Waals surface area contributed by atoms with Crippen LogP contribution in [-0.2, 0) is 14.4 Å². The van der Waals surface area contributed by atoms with Crippen LogP contribution in [0.5, 0.6) is 0 Å². The fourth-order valence-corrected chi connectivity index (χ4v) is 5.69. The van der Waals surface area contributed by atoms with Gasteiger partial charge in [-0.25, -0.2) is 4.79 Å². The van der Waals surface area contributed by atoms with Crippen molar-refractivity contribution in [3.63, 3.8) is 0 Å². The van der Waals surface area contributed by atoms with Gasteiger partial charge in [-0.15, -0.1) is 0 Å². The standard InChI is InChI=1S/C39H71NO4/c1-4-6-8-10-12-14-16-18-20-22-24-26-28-30-32-34-36(41)38(39(43)44)40(3)37(42)35-33-31-29-27-25-23-21-19-17-15-13-11-9-7-5-2/h18-21,38H,4-17,22-35H2,1-3H3,(H,43,44). The van der Waals surface area contributed by atoms with Crippen LogP contribution in [0.3, 0.4) is 0 Å². The third kappa shape index (κ3) is 26.5. The first-order valence-corrected chi connectivity index (χ1v) is 18.8. The quantitative estimate of drug-likeness (QED) is 0.0451. The summed E-state index contributed by atoms with van der Waals surface area (Å²) in [5.74, 6) is -1.81. The second-order valence-corrected chi connectivity index (χ2v) is 12.9. The summed E-state index contributed by atoms with van der Waals surface area (Å²) in [6.07, 6.45) is 40.5. The Morgan fingerprint density at radius 3 is 1.18 bits per heavy atom. The van der Waals surface area contributed by atoms with Crippen molar-refractivity contribution in [1.29, 1.82) is 0 Å². The molecule has 0 heterocycles. The largest absolute Gasteiger partial charge is 0.479 e. The van der Waals surface area contributed by atoms with Crippen molar-refractivity contribution < 1.29 is 19.5 Å². The van der Waals surface area contributed by atoms with E-state index in [0.717, 1.165) is 69.1 Å². The highest BCUT2D eigenvalue weighted by Gasteiger charge is 2.32. The second-order valence-electron chi connectivity index (χ2n) is 12.9. The van der Waals surface area contributed by atoms with E-state index in [1.807, 2.05) is 0 Å². The van der Waals surface area contributed by atoms with E-state index in [1.54, 1.807) is 0 Å². The zero-order valence-corrected chi connectivity index (χ0v) is 29.3. The lowest BCUT2D eigenvalue weighted by molar-refractivity contribution is -0.153. The summed E-state index contributed by atoms with van der Waals surface area (Å²) in [7, 11) is 1.47. The first-order valence-electron chi connectivity index (χ1n) is 18.8. The molecule has 0 aliphatic rings. The molecule has 1 amide bonds. The van der Waals surface area contributed by atoms with Crippen molar-refractivity contribution in [3.8, 4) is 0 Å². The number of carbonyl (C=O) groups excluding carboxylic acids is 2. The van der Waals surface area contributed by atoms with Crippen LogP contribution < -0.4 is 0 Å². The molecule has 44 heavy (non-hydrogen) atoms. The van der Waals surface area contributed by atoms with Gasteiger partial charge in [0.1, 0.15) is 0 Å². The minimum Gasteiger partial charge on any atom is -0.479 e. The van der Waals surface area contributed by atoms with Crippen molar-refractivity contribution in [3.05, 3.63) is 24.3 Å². The highest BCUT2D eigenvalue weighted by molar-refractivity contribution is 6.04. The van der Waals surface area contributed by atoms with E-state index < -0.39 is 12.0 Å². The average Bonchev–Trinajstić information content (AvgIpc) is 3.00. The van der Waals surface area contributed by atoms with E-state index in [-0.39, 0.29) is 18.1 Å². The molecule has 0 aromatic carbocycles. The molecule has 0 spiro atoms. The van der Waals surface area contributed by atoms with Crippen molar-refractivity contribution in [2.45, 2.75) is 200 Å². The summed E-state index contributed by atoms with van der Waals surface area (Å²) in [6.45, 7) is 4.50. The second kappa shape index (κ2) is 32.5. The molecule has 0 aliphatic heterocycles. The summed E-state index contributed by atoms with van der Waals surface area (Å²) in [5.41, 5.74) is 0. The molecule has 1 unspecified atom stereocenters. The zero-order chi connectivity index (χ0) is 32.5. The summed E-state index contributed by atoms with van der Waals surface area (Å²) < 4.78 is 0. The van der Waals surface area contributed by atoms with Crippen LogP contribution in [-0.4, -0.2) is 40.8 Å². The molecule has 0 radical (unpaired) electrons. The van der Waals surface area contributed by atoms with Crippen LogP contribution in [0.2, 0.25) is 0 Å². The molecule has 0 saturated carbocycles. The van der Waals surface area contributed by atoms with Crippen LogP contribution in [0.15, 0.2) is 24.3 Å². The number of rotatable bonds is 33. The number of carboxylic acid groups (broad SMARTS) is 1. The molecule has 0 fully saturated rings. The monoisotopic (exact) mass is 618 g/mol. The summed E-state index contributed by atoms with van der Waals surface area (Å²) >= 11 is 0. The zero-order valence-electron chi connectivity index (χ0n) is 29.3. The third-order valence-corrected chi connectivity index (χ3v) is 8.66. The van der Waals surface area contributed by atoms with Crippen molar-refractivity contribution >= 4 is 17.7 Å². The van der Waals surface area contributed by atoms with Crippen LogP contribution in [0.1, 0.15) is 194 Å². The Balaban J connectivity index is 3.88. The topological polar surface area (TPSA) is 74.7 Å². The minimum atomic E-state index is -1.36. The van der Waals surface area contributed by atoms with Crippen molar-refractivity contribution in [2.24, 2.45) is 0 Å². The maximum Gasteiger partial charge on any atom is 0.334 e. The molecule has 5 heteroatoms. The number of carbonyl (C=O) groups is 3. The van der Waals surface area contributed by atoms with Crippen molar-refractivity contribution in [2.75, 3.05) is 7.05 Å². The molecule has 0 bridgehead atoms. The maximum absolute atomic E-state index is 12.7. The lowest BCUT2D eigenvalue weighted by atomic mass is 10.0. The van der Waals surface area contributed by atoms with Gasteiger partial charge in [0.05, 0.1) is 0 Å². The number of carboxylic acids is 1. The number of hydrogen-bond donors (Lipinski definition) is 1. The summed E-state index contributed by atoms with van der Waals surface area (Å²) in [5, 5.41) is 9.67. The van der Waals surface area contributed by atoms with Gasteiger partial charge in [-0.3, -0.25) is 9.59 Å². The Labute approximate surface area is 272 Å². The van der Waals surface area contributed by atoms with E-state index in [2.05, 4.69) is 38.2 Å². The van der Waals surface area contributed by atoms with Gasteiger partial charge in [-0.2, -0.15) is 0 Å². The van der Waals surface area contributed by atoms with E-state index in [0.29, 0.717) is 12.8 Å². The Morgan fingerprint density at radius 1 is 0.500 bits per heavy atom. The predicted octanol–water partition coefficient (Wildman–Crippen LogP) is 11.5. The molecule has 1 atom stereocenters. The van der Waals surface area contributed by atoms with Crippen molar-refractivity contribution in [1.82, 2.24) is 4.90 Å². The SMILES string of the molecule is CCCCCCCCC=CCCCCCCCC(=O)C(C(=O)O)N(C)C(=O)CCCCCCCC=CCCCCCCCC. The number of aliphatic carboxylic acids is 1. The number of allylic oxidation sites excluding steroid dienone is 4. The maximum atomic E-state index is 12.7. The third-order valence-electron chi connectivity index (χ3n) is 8.66. The fourth-order valence-electron chi connectivity index (χ4n) is 5.69. The lowest BCUT2D eigenvalue weighted by Crippen LogP contribution is -2.47. The number of likely N-dealkylation sites (N-methyl/N-ethyl adjacent to an activating group) is 1. The predicted molar refractivity (Wildman–Crippen MR) is 188 cm³/mol. The Bertz CT molecular complexity index is 744. The molecule has 5 nitrogen and oxygen atoms in total. The molecular formula is C39H71NO4. The Hall–Kier alpha value is -1.91. The van der Waals surface area contributed by atoms with Gasteiger partial charge in [0.2, 0.25) is 5.91 Å². The fraction of sp³-hybridized carbons (Fsp3) is 0.821. The summed E-state index contributed by atoms with van der Waals surface area (Å²) in [4.78, 5) is 38.3. The van der Waals surface area contributed by atoms with E-state index >= 15 is 0 Å². The number of hydrogen-bond acceptors (Lipinski definition) is 3.